The van der Waals surface area contributed by atoms with Crippen molar-refractivity contribution in [3.63, 3.8) is 0 Å². The number of methoxy groups -OCH3 is 1. The van der Waals surface area contributed by atoms with Crippen molar-refractivity contribution < 1.29 is 13.9 Å². The summed E-state index contributed by atoms with van der Waals surface area (Å²) in [7, 11) is 1.31. The molecule has 0 spiro atoms. The number of esters is 1. The molecule has 14 heavy (non-hydrogen) atoms. The Bertz CT molecular complexity index is 353. The second-order valence-electron chi connectivity index (χ2n) is 2.55. The maximum atomic E-state index is 12.4. The predicted octanol–water partition coefficient (Wildman–Crippen LogP) is 3.14. The molecule has 0 aromatic heterocycles. The Morgan fingerprint density at radius 2 is 2.00 bits per heavy atom. The largest absolute Gasteiger partial charge is 0.465 e. The Morgan fingerprint density at radius 3 is 2.43 bits per heavy atom. The molecule has 0 fully saturated rings. The van der Waals surface area contributed by atoms with E-state index >= 15 is 0 Å². The van der Waals surface area contributed by atoms with E-state index in [2.05, 4.69) is 20.7 Å². The first-order chi connectivity index (χ1) is 6.63. The van der Waals surface area contributed by atoms with Gasteiger partial charge >= 0.3 is 5.97 Å². The lowest BCUT2D eigenvalue weighted by atomic mass is 10.1. The summed E-state index contributed by atoms with van der Waals surface area (Å²) in [5.41, 5.74) is 1.12. The normalized spacial score (nSPS) is 11.2. The minimum absolute atomic E-state index is 0.403. The molecular weight excluding hydrogens is 251 g/mol. The zero-order chi connectivity index (χ0) is 10.6. The van der Waals surface area contributed by atoms with Crippen LogP contribution in [-0.2, 0) is 4.74 Å². The molecule has 0 saturated heterocycles. The minimum Gasteiger partial charge on any atom is -0.465 e. The highest BCUT2D eigenvalue weighted by Gasteiger charge is 2.03. The van der Waals surface area contributed by atoms with Crippen LogP contribution in [0.5, 0.6) is 0 Å². The van der Waals surface area contributed by atoms with Gasteiger partial charge in [0.15, 0.2) is 4.74 Å². The van der Waals surface area contributed by atoms with Crippen LogP contribution in [0, 0.1) is 0 Å². The van der Waals surface area contributed by atoms with Crippen LogP contribution in [0.2, 0.25) is 0 Å². The molecule has 0 N–H and O–H groups in total. The molecule has 0 bridgehead atoms. The van der Waals surface area contributed by atoms with Crippen LogP contribution in [0.4, 0.5) is 4.39 Å². The van der Waals surface area contributed by atoms with E-state index in [4.69, 9.17) is 0 Å². The van der Waals surface area contributed by atoms with Crippen molar-refractivity contribution in [3.8, 4) is 0 Å². The number of rotatable bonds is 2. The van der Waals surface area contributed by atoms with Crippen LogP contribution in [0.1, 0.15) is 15.9 Å². The minimum atomic E-state index is -0.455. The van der Waals surface area contributed by atoms with Gasteiger partial charge in [-0.15, -0.1) is 0 Å². The van der Waals surface area contributed by atoms with Gasteiger partial charge in [0.1, 0.15) is 0 Å². The predicted molar refractivity (Wildman–Crippen MR) is 55.8 cm³/mol. The summed E-state index contributed by atoms with van der Waals surface area (Å²) in [6, 6.07) is 6.42. The molecule has 4 heteroatoms. The third kappa shape index (κ3) is 2.96. The molecule has 0 heterocycles. The first-order valence-electron chi connectivity index (χ1n) is 3.84. The molecule has 0 unspecified atom stereocenters. The number of benzene rings is 1. The van der Waals surface area contributed by atoms with Gasteiger partial charge < -0.3 is 4.74 Å². The van der Waals surface area contributed by atoms with Crippen LogP contribution in [0.25, 0.3) is 6.08 Å². The van der Waals surface area contributed by atoms with Gasteiger partial charge in [0, 0.05) is 0 Å². The summed E-state index contributed by atoms with van der Waals surface area (Å²) in [6.45, 7) is 0. The molecule has 0 radical (unpaired) electrons. The number of carbonyl (C=O) groups is 1. The Kier molecular flexibility index (Phi) is 3.83. The maximum absolute atomic E-state index is 12.4. The molecular formula is C10H8BrFO2. The lowest BCUT2D eigenvalue weighted by Gasteiger charge is -1.98. The summed E-state index contributed by atoms with van der Waals surface area (Å²) in [6.07, 6.45) is 1.31. The third-order valence-corrected chi connectivity index (χ3v) is 1.84. The van der Waals surface area contributed by atoms with Gasteiger partial charge in [-0.1, -0.05) is 12.1 Å². The van der Waals surface area contributed by atoms with Crippen molar-refractivity contribution in [2.45, 2.75) is 0 Å². The van der Waals surface area contributed by atoms with Crippen molar-refractivity contribution >= 4 is 28.0 Å². The summed E-state index contributed by atoms with van der Waals surface area (Å²) < 4.78 is 16.5. The van der Waals surface area contributed by atoms with Crippen molar-refractivity contribution in [1.29, 1.82) is 0 Å². The number of hydrogen-bond acceptors (Lipinski definition) is 2. The summed E-state index contributed by atoms with van der Waals surface area (Å²) in [5, 5.41) is 0. The monoisotopic (exact) mass is 258 g/mol. The van der Waals surface area contributed by atoms with Crippen LogP contribution in [-0.4, -0.2) is 13.1 Å². The number of halogens is 2. The molecule has 1 aromatic rings. The van der Waals surface area contributed by atoms with Gasteiger partial charge in [-0.05, 0) is 39.7 Å². The Balaban J connectivity index is 2.89. The fourth-order valence-corrected chi connectivity index (χ4v) is 1.22. The summed E-state index contributed by atoms with van der Waals surface area (Å²) in [5.74, 6) is -0.403. The molecule has 0 amide bonds. The SMILES string of the molecule is COC(=O)c1ccc(C=C(F)Br)cc1. The van der Waals surface area contributed by atoms with Crippen molar-refractivity contribution in [3.05, 3.63) is 40.1 Å². The lowest BCUT2D eigenvalue weighted by molar-refractivity contribution is 0.0601. The van der Waals surface area contributed by atoms with Gasteiger partial charge in [-0.3, -0.25) is 0 Å². The Labute approximate surface area is 89.5 Å². The second-order valence-corrected chi connectivity index (χ2v) is 3.31. The lowest BCUT2D eigenvalue weighted by Crippen LogP contribution is -2.00. The first kappa shape index (κ1) is 10.9. The van der Waals surface area contributed by atoms with Crippen LogP contribution < -0.4 is 0 Å². The Morgan fingerprint density at radius 1 is 1.43 bits per heavy atom. The number of ether oxygens (including phenoxy) is 1. The third-order valence-electron chi connectivity index (χ3n) is 1.61. The van der Waals surface area contributed by atoms with Crippen LogP contribution in [0.3, 0.4) is 0 Å². The van der Waals surface area contributed by atoms with E-state index in [0.29, 0.717) is 11.1 Å². The molecule has 0 atom stereocenters. The van der Waals surface area contributed by atoms with Crippen LogP contribution in [0.15, 0.2) is 29.0 Å². The second kappa shape index (κ2) is 4.91. The van der Waals surface area contributed by atoms with Gasteiger partial charge in [0.05, 0.1) is 12.7 Å². The molecule has 2 nitrogen and oxygen atoms in total. The van der Waals surface area contributed by atoms with Gasteiger partial charge in [-0.2, -0.15) is 4.39 Å². The highest BCUT2D eigenvalue weighted by Crippen LogP contribution is 2.14. The highest BCUT2D eigenvalue weighted by molar-refractivity contribution is 9.11. The van der Waals surface area contributed by atoms with Gasteiger partial charge in [-0.25, -0.2) is 4.79 Å². The zero-order valence-corrected chi connectivity index (χ0v) is 9.05. The molecule has 1 aromatic carbocycles. The smallest absolute Gasteiger partial charge is 0.337 e. The van der Waals surface area contributed by atoms with Crippen molar-refractivity contribution in [2.24, 2.45) is 0 Å². The fourth-order valence-electron chi connectivity index (χ4n) is 0.959. The molecule has 0 aliphatic carbocycles. The molecule has 0 aliphatic rings. The molecule has 74 valence electrons. The maximum Gasteiger partial charge on any atom is 0.337 e. The van der Waals surface area contributed by atoms with E-state index in [1.807, 2.05) is 0 Å². The summed E-state index contributed by atoms with van der Waals surface area (Å²) in [4.78, 5) is 11.0. The van der Waals surface area contributed by atoms with E-state index in [1.54, 1.807) is 24.3 Å². The van der Waals surface area contributed by atoms with Crippen molar-refractivity contribution in [2.75, 3.05) is 7.11 Å². The van der Waals surface area contributed by atoms with Crippen molar-refractivity contribution in [1.82, 2.24) is 0 Å². The van der Waals surface area contributed by atoms with E-state index < -0.39 is 10.7 Å². The molecule has 0 aliphatic heterocycles. The van der Waals surface area contributed by atoms with E-state index in [0.717, 1.165) is 0 Å². The average molecular weight is 259 g/mol. The van der Waals surface area contributed by atoms with Crippen LogP contribution >= 0.6 is 15.9 Å². The van der Waals surface area contributed by atoms with Gasteiger partial charge in [0.2, 0.25) is 0 Å². The zero-order valence-electron chi connectivity index (χ0n) is 7.46. The number of hydrogen-bond donors (Lipinski definition) is 0. The Hall–Kier alpha value is -1.16. The standard InChI is InChI=1S/C10H8BrFO2/c1-14-10(13)8-4-2-7(3-5-8)6-9(11)12/h2-6H,1H3. The molecule has 0 saturated carbocycles. The number of carbonyl (C=O) groups excluding carboxylic acids is 1. The first-order valence-corrected chi connectivity index (χ1v) is 4.64. The average Bonchev–Trinajstić information content (AvgIpc) is 2.17. The quantitative estimate of drug-likeness (QED) is 0.762. The summed E-state index contributed by atoms with van der Waals surface area (Å²) >= 11 is 2.68. The fraction of sp³-hybridized carbons (Fsp3) is 0.100. The molecule has 1 rings (SSSR count). The highest BCUT2D eigenvalue weighted by atomic mass is 79.9. The van der Waals surface area contributed by atoms with E-state index in [1.165, 1.54) is 13.2 Å². The topological polar surface area (TPSA) is 26.3 Å². The van der Waals surface area contributed by atoms with E-state index in [9.17, 15) is 9.18 Å². The van der Waals surface area contributed by atoms with Gasteiger partial charge in [0.25, 0.3) is 0 Å². The van der Waals surface area contributed by atoms with E-state index in [-0.39, 0.29) is 0 Å².